The van der Waals surface area contributed by atoms with E-state index in [4.69, 9.17) is 5.73 Å². The number of nitrogens with one attached hydrogen (secondary N) is 1. The second kappa shape index (κ2) is 7.22. The van der Waals surface area contributed by atoms with Crippen molar-refractivity contribution >= 4 is 22.7 Å². The molecule has 0 fully saturated rings. The van der Waals surface area contributed by atoms with Gasteiger partial charge in [0.15, 0.2) is 0 Å². The van der Waals surface area contributed by atoms with E-state index in [-0.39, 0.29) is 29.5 Å². The molecule has 2 heterocycles. The number of hydrogen-bond donors (Lipinski definition) is 2. The van der Waals surface area contributed by atoms with Crippen LogP contribution in [0.3, 0.4) is 0 Å². The van der Waals surface area contributed by atoms with Crippen molar-refractivity contribution in [1.29, 1.82) is 0 Å². The molecule has 0 bridgehead atoms. The topological polar surface area (TPSA) is 99.2 Å². The number of pyridine rings is 1. The molecule has 10 heteroatoms. The van der Waals surface area contributed by atoms with Crippen LogP contribution >= 0.6 is 0 Å². The number of aromatic nitrogens is 2. The van der Waals surface area contributed by atoms with Crippen LogP contribution in [0.4, 0.5) is 13.2 Å². The van der Waals surface area contributed by atoms with Crippen LogP contribution in [0.25, 0.3) is 16.7 Å². The fraction of sp³-hybridized carbons (Fsp3) is 0.167. The van der Waals surface area contributed by atoms with Gasteiger partial charge >= 0.3 is 6.36 Å². The normalized spacial score (nSPS) is 11.4. The van der Waals surface area contributed by atoms with Crippen LogP contribution in [-0.4, -0.2) is 27.7 Å². The molecule has 0 unspecified atom stereocenters. The summed E-state index contributed by atoms with van der Waals surface area (Å²) in [5, 5.41) is 3.08. The zero-order chi connectivity index (χ0) is 20.5. The van der Waals surface area contributed by atoms with Crippen molar-refractivity contribution in [3.8, 4) is 11.6 Å². The van der Waals surface area contributed by atoms with Crippen molar-refractivity contribution in [2.24, 2.45) is 5.73 Å². The van der Waals surface area contributed by atoms with Gasteiger partial charge in [-0.2, -0.15) is 0 Å². The number of halogens is 3. The van der Waals surface area contributed by atoms with E-state index in [9.17, 15) is 22.8 Å². The molecule has 0 spiro atoms. The average molecular weight is 392 g/mol. The van der Waals surface area contributed by atoms with Gasteiger partial charge in [-0.3, -0.25) is 14.2 Å². The lowest BCUT2D eigenvalue weighted by Gasteiger charge is -2.12. The number of benzene rings is 1. The van der Waals surface area contributed by atoms with Gasteiger partial charge in [0.25, 0.3) is 5.91 Å². The minimum atomic E-state index is -4.85. The van der Waals surface area contributed by atoms with E-state index < -0.39 is 18.0 Å². The highest BCUT2D eigenvalue weighted by molar-refractivity contribution is 5.99. The molecule has 0 aliphatic carbocycles. The maximum Gasteiger partial charge on any atom is 0.573 e. The van der Waals surface area contributed by atoms with Gasteiger partial charge in [0.1, 0.15) is 17.3 Å². The summed E-state index contributed by atoms with van der Waals surface area (Å²) in [6.45, 7) is 1.51. The third-order valence-corrected chi connectivity index (χ3v) is 3.80. The van der Waals surface area contributed by atoms with Gasteiger partial charge in [-0.15, -0.1) is 13.2 Å². The molecule has 28 heavy (non-hydrogen) atoms. The van der Waals surface area contributed by atoms with Crippen LogP contribution in [0.2, 0.25) is 0 Å². The summed E-state index contributed by atoms with van der Waals surface area (Å²) >= 11 is 0. The number of amides is 2. The van der Waals surface area contributed by atoms with Crippen LogP contribution in [0.5, 0.6) is 5.75 Å². The first-order valence-electron chi connectivity index (χ1n) is 8.06. The van der Waals surface area contributed by atoms with Gasteiger partial charge in [-0.25, -0.2) is 4.98 Å². The number of carbonyl (C=O) groups excluding carboxylic acids is 2. The van der Waals surface area contributed by atoms with Crippen molar-refractivity contribution < 1.29 is 27.5 Å². The summed E-state index contributed by atoms with van der Waals surface area (Å²) in [6.07, 6.45) is -4.85. The molecule has 3 aromatic rings. The van der Waals surface area contributed by atoms with Gasteiger partial charge < -0.3 is 15.8 Å². The molecule has 146 valence electrons. The molecule has 0 aliphatic rings. The third-order valence-electron chi connectivity index (χ3n) is 3.80. The van der Waals surface area contributed by atoms with Gasteiger partial charge in [-0.1, -0.05) is 6.07 Å². The molecule has 3 rings (SSSR count). The van der Waals surface area contributed by atoms with Crippen LogP contribution in [0.1, 0.15) is 23.1 Å². The predicted molar refractivity (Wildman–Crippen MR) is 93.8 cm³/mol. The summed E-state index contributed by atoms with van der Waals surface area (Å²) in [6, 6.07) is 10.0. The number of fused-ring (bicyclic) bond motifs is 1. The lowest BCUT2D eigenvalue weighted by molar-refractivity contribution is -0.274. The maximum absolute atomic E-state index is 12.6. The van der Waals surface area contributed by atoms with Gasteiger partial charge in [0.05, 0.1) is 17.8 Å². The van der Waals surface area contributed by atoms with Gasteiger partial charge in [0.2, 0.25) is 5.91 Å². The number of primary amides is 1. The molecule has 1 aromatic carbocycles. The summed E-state index contributed by atoms with van der Waals surface area (Å²) in [5.41, 5.74) is 6.24. The first-order chi connectivity index (χ1) is 13.1. The lowest BCUT2D eigenvalue weighted by atomic mass is 10.2. The molecule has 3 N–H and O–H groups in total. The first-order valence-corrected chi connectivity index (χ1v) is 8.06. The van der Waals surface area contributed by atoms with E-state index >= 15 is 0 Å². The molecule has 0 radical (unpaired) electrons. The molecule has 0 saturated carbocycles. The summed E-state index contributed by atoms with van der Waals surface area (Å²) in [7, 11) is 0. The molecule has 0 aliphatic heterocycles. The van der Waals surface area contributed by atoms with Crippen molar-refractivity contribution in [3.63, 3.8) is 0 Å². The highest BCUT2D eigenvalue weighted by Gasteiger charge is 2.31. The van der Waals surface area contributed by atoms with Crippen molar-refractivity contribution in [1.82, 2.24) is 14.9 Å². The fourth-order valence-corrected chi connectivity index (χ4v) is 2.71. The lowest BCUT2D eigenvalue weighted by Crippen LogP contribution is -2.20. The average Bonchev–Trinajstić information content (AvgIpc) is 2.98. The highest BCUT2D eigenvalue weighted by Crippen LogP contribution is 2.30. The Morgan fingerprint density at radius 1 is 1.21 bits per heavy atom. The molecule has 0 saturated heterocycles. The van der Waals surface area contributed by atoms with E-state index in [1.807, 2.05) is 0 Å². The Morgan fingerprint density at radius 3 is 2.61 bits per heavy atom. The van der Waals surface area contributed by atoms with Crippen molar-refractivity contribution in [2.75, 3.05) is 0 Å². The Hall–Kier alpha value is -3.56. The number of nitrogens with two attached hydrogens (primary N) is 1. The minimum Gasteiger partial charge on any atom is -0.406 e. The SMILES string of the molecule is CC(=O)NCc1cccc(-n2c(C(N)=O)cc3ccc(OC(F)(F)F)cc32)n1. The molecule has 0 atom stereocenters. The molecular formula is C18H15F3N4O3. The number of nitrogens with zero attached hydrogens (tertiary/aromatic N) is 2. The first kappa shape index (κ1) is 19.2. The monoisotopic (exact) mass is 392 g/mol. The van der Waals surface area contributed by atoms with Crippen LogP contribution in [0.15, 0.2) is 42.5 Å². The van der Waals surface area contributed by atoms with Crippen molar-refractivity contribution in [3.05, 3.63) is 53.9 Å². The summed E-state index contributed by atoms with van der Waals surface area (Å²) < 4.78 is 43.0. The Kier molecular flexibility index (Phi) is 4.95. The van der Waals surface area contributed by atoms with Gasteiger partial charge in [0, 0.05) is 18.4 Å². The number of rotatable bonds is 5. The number of ether oxygens (including phenoxy) is 1. The van der Waals surface area contributed by atoms with E-state index in [1.54, 1.807) is 18.2 Å². The van der Waals surface area contributed by atoms with Crippen LogP contribution < -0.4 is 15.8 Å². The zero-order valence-corrected chi connectivity index (χ0v) is 14.6. The standard InChI is InChI=1S/C18H15F3N4O3/c1-10(26)23-9-12-3-2-4-16(24-12)25-14-8-13(28-18(19,20)21)6-5-11(14)7-15(25)17(22)27/h2-8H,9H2,1H3,(H2,22,27)(H,23,26). The Bertz CT molecular complexity index is 1060. The van der Waals surface area contributed by atoms with Crippen LogP contribution in [0, 0.1) is 0 Å². The largest absolute Gasteiger partial charge is 0.573 e. The van der Waals surface area contributed by atoms with E-state index in [0.29, 0.717) is 11.1 Å². The smallest absolute Gasteiger partial charge is 0.406 e. The number of carbonyl (C=O) groups is 2. The maximum atomic E-state index is 12.6. The van der Waals surface area contributed by atoms with E-state index in [1.165, 1.54) is 23.6 Å². The second-order valence-electron chi connectivity index (χ2n) is 5.89. The Morgan fingerprint density at radius 2 is 1.96 bits per heavy atom. The molecule has 7 nitrogen and oxygen atoms in total. The Labute approximate surface area is 156 Å². The van der Waals surface area contributed by atoms with Crippen molar-refractivity contribution in [2.45, 2.75) is 19.8 Å². The third kappa shape index (κ3) is 4.22. The quantitative estimate of drug-likeness (QED) is 0.697. The minimum absolute atomic E-state index is 0.0448. The molecule has 2 aromatic heterocycles. The van der Waals surface area contributed by atoms with E-state index in [0.717, 1.165) is 12.1 Å². The van der Waals surface area contributed by atoms with E-state index in [2.05, 4.69) is 15.0 Å². The highest BCUT2D eigenvalue weighted by atomic mass is 19.4. The zero-order valence-electron chi connectivity index (χ0n) is 14.6. The summed E-state index contributed by atoms with van der Waals surface area (Å²) in [4.78, 5) is 27.3. The molecular weight excluding hydrogens is 377 g/mol. The van der Waals surface area contributed by atoms with Crippen LogP contribution in [-0.2, 0) is 11.3 Å². The number of hydrogen-bond acceptors (Lipinski definition) is 4. The number of alkyl halides is 3. The second-order valence-corrected chi connectivity index (χ2v) is 5.89. The van der Waals surface area contributed by atoms with Gasteiger partial charge in [-0.05, 0) is 30.3 Å². The predicted octanol–water partition coefficient (Wildman–Crippen LogP) is 2.66. The summed E-state index contributed by atoms with van der Waals surface area (Å²) in [5.74, 6) is -1.20. The Balaban J connectivity index is 2.13. The fourth-order valence-electron chi connectivity index (χ4n) is 2.71. The molecule has 2 amide bonds.